The van der Waals surface area contributed by atoms with Crippen LogP contribution in [0, 0.1) is 17.5 Å². The third-order valence-electron chi connectivity index (χ3n) is 5.57. The molecule has 1 saturated heterocycles. The molecule has 2 amide bonds. The molecule has 33 heavy (non-hydrogen) atoms. The van der Waals surface area contributed by atoms with Crippen molar-refractivity contribution in [1.29, 1.82) is 0 Å². The first kappa shape index (κ1) is 23.3. The van der Waals surface area contributed by atoms with Crippen LogP contribution < -0.4 is 10.2 Å². The lowest BCUT2D eigenvalue weighted by atomic mass is 10.1. The fourth-order valence-corrected chi connectivity index (χ4v) is 4.75. The molecule has 2 atom stereocenters. The Labute approximate surface area is 192 Å². The Morgan fingerprint density at radius 3 is 2.67 bits per heavy atom. The molecule has 1 fully saturated rings. The minimum Gasteiger partial charge on any atom is -0.394 e. The largest absolute Gasteiger partial charge is 0.394 e. The van der Waals surface area contributed by atoms with Crippen molar-refractivity contribution < 1.29 is 28.2 Å². The number of nitrogens with zero attached hydrogens (tertiary/aromatic N) is 3. The molecule has 2 aromatic carbocycles. The lowest BCUT2D eigenvalue weighted by molar-refractivity contribution is 0.0954. The number of amides is 2. The van der Waals surface area contributed by atoms with Crippen LogP contribution in [0.3, 0.4) is 0 Å². The third kappa shape index (κ3) is 5.05. The van der Waals surface area contributed by atoms with Crippen molar-refractivity contribution in [2.75, 3.05) is 36.5 Å². The number of urea groups is 1. The third-order valence-corrected chi connectivity index (χ3v) is 6.50. The molecule has 1 aromatic heterocycles. The summed E-state index contributed by atoms with van der Waals surface area (Å²) in [5.74, 6) is -2.41. The van der Waals surface area contributed by atoms with Gasteiger partial charge in [-0.2, -0.15) is 0 Å². The van der Waals surface area contributed by atoms with Gasteiger partial charge in [0, 0.05) is 38.2 Å². The van der Waals surface area contributed by atoms with E-state index in [4.69, 9.17) is 5.11 Å². The second kappa shape index (κ2) is 9.54. The van der Waals surface area contributed by atoms with Crippen LogP contribution in [0.4, 0.5) is 28.8 Å². The zero-order valence-corrected chi connectivity index (χ0v) is 18.6. The predicted molar refractivity (Wildman–Crippen MR) is 120 cm³/mol. The fourth-order valence-electron chi connectivity index (χ4n) is 3.89. The number of aliphatic hydroxyl groups excluding tert-OH is 2. The van der Waals surface area contributed by atoms with Crippen LogP contribution in [0.25, 0.3) is 10.2 Å². The van der Waals surface area contributed by atoms with E-state index in [1.165, 1.54) is 6.07 Å². The van der Waals surface area contributed by atoms with Gasteiger partial charge in [0.2, 0.25) is 0 Å². The highest BCUT2D eigenvalue weighted by Gasteiger charge is 2.29. The summed E-state index contributed by atoms with van der Waals surface area (Å²) in [6, 6.07) is 6.09. The lowest BCUT2D eigenvalue weighted by Crippen LogP contribution is -2.55. The molecule has 0 radical (unpaired) electrons. The summed E-state index contributed by atoms with van der Waals surface area (Å²) in [7, 11) is 0. The van der Waals surface area contributed by atoms with E-state index in [1.54, 1.807) is 17.0 Å². The SMILES string of the molecule is CC1CN(c2ccc(CC(O)CO)cc2F)CCN1C(=O)Nc1nc2cc(F)c(F)cc2s1. The zero-order valence-electron chi connectivity index (χ0n) is 17.8. The van der Waals surface area contributed by atoms with Gasteiger partial charge in [-0.15, -0.1) is 0 Å². The Kier molecular flexibility index (Phi) is 6.73. The van der Waals surface area contributed by atoms with E-state index in [0.717, 1.165) is 23.5 Å². The number of thiazole rings is 1. The molecular weight excluding hydrogens is 457 g/mol. The van der Waals surface area contributed by atoms with Crippen molar-refractivity contribution >= 4 is 38.4 Å². The average Bonchev–Trinajstić information content (AvgIpc) is 3.14. The normalized spacial score (nSPS) is 17.5. The van der Waals surface area contributed by atoms with Crippen LogP contribution in [-0.2, 0) is 6.42 Å². The van der Waals surface area contributed by atoms with Crippen LogP contribution >= 0.6 is 11.3 Å². The summed E-state index contributed by atoms with van der Waals surface area (Å²) in [6.45, 7) is 2.60. The van der Waals surface area contributed by atoms with E-state index in [-0.39, 0.29) is 23.1 Å². The van der Waals surface area contributed by atoms with Gasteiger partial charge < -0.3 is 20.0 Å². The summed E-state index contributed by atoms with van der Waals surface area (Å²) in [6.07, 6.45) is -0.783. The van der Waals surface area contributed by atoms with Gasteiger partial charge in [-0.25, -0.2) is 22.9 Å². The first-order chi connectivity index (χ1) is 15.7. The van der Waals surface area contributed by atoms with Crippen LogP contribution in [0.1, 0.15) is 12.5 Å². The average molecular weight is 481 g/mol. The number of benzene rings is 2. The quantitative estimate of drug-likeness (QED) is 0.521. The highest BCUT2D eigenvalue weighted by atomic mass is 32.1. The summed E-state index contributed by atoms with van der Waals surface area (Å²) >= 11 is 1.05. The molecule has 0 bridgehead atoms. The molecule has 11 heteroatoms. The minimum atomic E-state index is -1.000. The number of piperazine rings is 1. The first-order valence-corrected chi connectivity index (χ1v) is 11.2. The summed E-state index contributed by atoms with van der Waals surface area (Å²) in [5.41, 5.74) is 1.25. The number of aliphatic hydroxyl groups is 2. The second-order valence-corrected chi connectivity index (χ2v) is 9.03. The number of nitrogens with one attached hydrogen (secondary N) is 1. The maximum atomic E-state index is 14.7. The van der Waals surface area contributed by atoms with Crippen molar-refractivity contribution in [2.24, 2.45) is 0 Å². The van der Waals surface area contributed by atoms with Crippen LogP contribution in [-0.4, -0.2) is 64.5 Å². The van der Waals surface area contributed by atoms with E-state index in [0.29, 0.717) is 35.6 Å². The van der Waals surface area contributed by atoms with Gasteiger partial charge in [-0.05, 0) is 30.7 Å². The molecule has 2 unspecified atom stereocenters. The molecule has 7 nitrogen and oxygen atoms in total. The number of aromatic nitrogens is 1. The van der Waals surface area contributed by atoms with Crippen molar-refractivity contribution in [3.05, 3.63) is 53.3 Å². The Balaban J connectivity index is 1.40. The summed E-state index contributed by atoms with van der Waals surface area (Å²) in [4.78, 5) is 20.4. The Morgan fingerprint density at radius 2 is 1.97 bits per heavy atom. The van der Waals surface area contributed by atoms with E-state index < -0.39 is 36.2 Å². The lowest BCUT2D eigenvalue weighted by Gasteiger charge is -2.40. The van der Waals surface area contributed by atoms with Crippen molar-refractivity contribution in [2.45, 2.75) is 25.5 Å². The van der Waals surface area contributed by atoms with Crippen molar-refractivity contribution in [3.63, 3.8) is 0 Å². The summed E-state index contributed by atoms with van der Waals surface area (Å²) < 4.78 is 41.9. The standard InChI is InChI=1S/C22H23F3N4O3S/c1-12-10-28(19-3-2-13(7-17(19)25)6-14(31)11-30)4-5-29(12)22(32)27-21-26-18-8-15(23)16(24)9-20(18)33-21/h2-3,7-9,12,14,30-31H,4-6,10-11H2,1H3,(H,26,27,32). The van der Waals surface area contributed by atoms with Gasteiger partial charge in [0.15, 0.2) is 16.8 Å². The van der Waals surface area contributed by atoms with Gasteiger partial charge in [0.25, 0.3) is 0 Å². The van der Waals surface area contributed by atoms with E-state index in [1.807, 2.05) is 11.8 Å². The number of carbonyl (C=O) groups excluding carboxylic acids is 1. The smallest absolute Gasteiger partial charge is 0.324 e. The van der Waals surface area contributed by atoms with Gasteiger partial charge in [-0.3, -0.25) is 5.32 Å². The number of hydrogen-bond donors (Lipinski definition) is 3. The van der Waals surface area contributed by atoms with Crippen LogP contribution in [0.15, 0.2) is 30.3 Å². The molecule has 176 valence electrons. The molecule has 0 spiro atoms. The molecular formula is C22H23F3N4O3S. The van der Waals surface area contributed by atoms with Crippen molar-refractivity contribution in [3.8, 4) is 0 Å². The number of hydrogen-bond acceptors (Lipinski definition) is 6. The minimum absolute atomic E-state index is 0.156. The van der Waals surface area contributed by atoms with Gasteiger partial charge in [-0.1, -0.05) is 17.4 Å². The molecule has 0 saturated carbocycles. The van der Waals surface area contributed by atoms with Gasteiger partial charge in [0.1, 0.15) is 5.82 Å². The monoisotopic (exact) mass is 480 g/mol. The molecule has 2 heterocycles. The van der Waals surface area contributed by atoms with Gasteiger partial charge >= 0.3 is 6.03 Å². The molecule has 4 rings (SSSR count). The zero-order chi connectivity index (χ0) is 23.7. The maximum absolute atomic E-state index is 14.7. The highest BCUT2D eigenvalue weighted by Crippen LogP contribution is 2.29. The Hall–Kier alpha value is -2.89. The highest BCUT2D eigenvalue weighted by molar-refractivity contribution is 7.22. The second-order valence-electron chi connectivity index (χ2n) is 8.00. The Bertz CT molecular complexity index is 1140. The number of anilines is 2. The number of carbonyl (C=O) groups is 1. The number of fused-ring (bicyclic) bond motifs is 1. The predicted octanol–water partition coefficient (Wildman–Crippen LogP) is 3.35. The molecule has 1 aliphatic heterocycles. The summed E-state index contributed by atoms with van der Waals surface area (Å²) in [5, 5.41) is 21.4. The molecule has 1 aliphatic rings. The van der Waals surface area contributed by atoms with E-state index >= 15 is 0 Å². The van der Waals surface area contributed by atoms with Crippen LogP contribution in [0.2, 0.25) is 0 Å². The van der Waals surface area contributed by atoms with Gasteiger partial charge in [0.05, 0.1) is 28.6 Å². The van der Waals surface area contributed by atoms with Crippen LogP contribution in [0.5, 0.6) is 0 Å². The Morgan fingerprint density at radius 1 is 1.21 bits per heavy atom. The number of rotatable bonds is 5. The van der Waals surface area contributed by atoms with E-state index in [9.17, 15) is 23.1 Å². The topological polar surface area (TPSA) is 88.9 Å². The maximum Gasteiger partial charge on any atom is 0.324 e. The molecule has 0 aliphatic carbocycles. The van der Waals surface area contributed by atoms with E-state index in [2.05, 4.69) is 10.3 Å². The van der Waals surface area contributed by atoms with Crippen molar-refractivity contribution in [1.82, 2.24) is 9.88 Å². The fraction of sp³-hybridized carbons (Fsp3) is 0.364. The molecule has 3 aromatic rings. The molecule has 3 N–H and O–H groups in total. The number of halogens is 3. The first-order valence-electron chi connectivity index (χ1n) is 10.4.